The summed E-state index contributed by atoms with van der Waals surface area (Å²) in [6, 6.07) is 5.85. The van der Waals surface area contributed by atoms with Crippen LogP contribution in [0.15, 0.2) is 30.5 Å². The largest absolute Gasteiger partial charge is 0.465 e. The normalized spacial score (nSPS) is 10.4. The Morgan fingerprint density at radius 3 is 2.83 bits per heavy atom. The number of carbonyl (C=O) groups excluding carboxylic acids is 1. The van der Waals surface area contributed by atoms with Gasteiger partial charge in [-0.05, 0) is 30.7 Å². The molecule has 0 saturated heterocycles. The van der Waals surface area contributed by atoms with Crippen molar-refractivity contribution in [1.82, 2.24) is 9.78 Å². The SMILES string of the molecule is CCc1ccn(-c2cc(F)cc(C(=O)OC)c2)n1. The number of aryl methyl sites for hydroxylation is 1. The molecule has 0 atom stereocenters. The van der Waals surface area contributed by atoms with E-state index < -0.39 is 11.8 Å². The third-order valence-electron chi connectivity index (χ3n) is 2.57. The van der Waals surface area contributed by atoms with Crippen molar-refractivity contribution in [3.8, 4) is 5.69 Å². The first-order valence-electron chi connectivity index (χ1n) is 5.58. The van der Waals surface area contributed by atoms with E-state index in [1.807, 2.05) is 13.0 Å². The minimum Gasteiger partial charge on any atom is -0.465 e. The molecule has 0 spiro atoms. The number of nitrogens with zero attached hydrogens (tertiary/aromatic N) is 2. The van der Waals surface area contributed by atoms with Crippen LogP contribution in [0.25, 0.3) is 5.69 Å². The van der Waals surface area contributed by atoms with Crippen LogP contribution in [0.3, 0.4) is 0 Å². The molecule has 0 unspecified atom stereocenters. The van der Waals surface area contributed by atoms with E-state index in [9.17, 15) is 9.18 Å². The zero-order chi connectivity index (χ0) is 13.1. The zero-order valence-electron chi connectivity index (χ0n) is 10.2. The molecule has 0 aliphatic heterocycles. The van der Waals surface area contributed by atoms with E-state index in [-0.39, 0.29) is 5.56 Å². The summed E-state index contributed by atoms with van der Waals surface area (Å²) in [6.07, 6.45) is 2.53. The van der Waals surface area contributed by atoms with Gasteiger partial charge in [-0.15, -0.1) is 0 Å². The molecule has 2 aromatic rings. The van der Waals surface area contributed by atoms with Crippen LogP contribution in [0.4, 0.5) is 4.39 Å². The first kappa shape index (κ1) is 12.3. The second kappa shape index (κ2) is 5.00. The van der Waals surface area contributed by atoms with Crippen LogP contribution < -0.4 is 0 Å². The summed E-state index contributed by atoms with van der Waals surface area (Å²) in [5.74, 6) is -1.07. The first-order valence-corrected chi connectivity index (χ1v) is 5.58. The highest BCUT2D eigenvalue weighted by molar-refractivity contribution is 5.89. The van der Waals surface area contributed by atoms with E-state index in [1.54, 1.807) is 12.3 Å². The minimum atomic E-state index is -0.571. The summed E-state index contributed by atoms with van der Waals surface area (Å²) in [5.41, 5.74) is 1.56. The Hall–Kier alpha value is -2.17. The molecule has 1 aromatic heterocycles. The molecule has 0 aliphatic rings. The summed E-state index contributed by atoms with van der Waals surface area (Å²) in [4.78, 5) is 11.4. The predicted molar refractivity (Wildman–Crippen MR) is 64.2 cm³/mol. The summed E-state index contributed by atoms with van der Waals surface area (Å²) >= 11 is 0. The lowest BCUT2D eigenvalue weighted by Gasteiger charge is -2.05. The van der Waals surface area contributed by atoms with E-state index in [2.05, 4.69) is 9.84 Å². The fourth-order valence-corrected chi connectivity index (χ4v) is 1.64. The summed E-state index contributed by atoms with van der Waals surface area (Å²) in [7, 11) is 1.26. The number of rotatable bonds is 3. The summed E-state index contributed by atoms with van der Waals surface area (Å²) in [5, 5.41) is 4.26. The number of hydrogen-bond donors (Lipinski definition) is 0. The van der Waals surface area contributed by atoms with Gasteiger partial charge in [0, 0.05) is 6.20 Å². The van der Waals surface area contributed by atoms with Crippen LogP contribution in [0.2, 0.25) is 0 Å². The van der Waals surface area contributed by atoms with Gasteiger partial charge >= 0.3 is 5.97 Å². The molecule has 2 rings (SSSR count). The van der Waals surface area contributed by atoms with Crippen molar-refractivity contribution in [3.63, 3.8) is 0 Å². The molecule has 4 nitrogen and oxygen atoms in total. The molecule has 1 heterocycles. The topological polar surface area (TPSA) is 44.1 Å². The molecule has 0 saturated carbocycles. The number of hydrogen-bond acceptors (Lipinski definition) is 3. The van der Waals surface area contributed by atoms with Crippen LogP contribution >= 0.6 is 0 Å². The van der Waals surface area contributed by atoms with E-state index in [4.69, 9.17) is 0 Å². The maximum atomic E-state index is 13.4. The van der Waals surface area contributed by atoms with Gasteiger partial charge in [0.2, 0.25) is 0 Å². The first-order chi connectivity index (χ1) is 8.63. The van der Waals surface area contributed by atoms with Gasteiger partial charge in [0.05, 0.1) is 24.1 Å². The van der Waals surface area contributed by atoms with Gasteiger partial charge in [0.15, 0.2) is 0 Å². The fraction of sp³-hybridized carbons (Fsp3) is 0.231. The van der Waals surface area contributed by atoms with Gasteiger partial charge in [-0.2, -0.15) is 5.10 Å². The molecular formula is C13H13FN2O2. The molecule has 94 valence electrons. The Morgan fingerprint density at radius 2 is 2.22 bits per heavy atom. The second-order valence-electron chi connectivity index (χ2n) is 3.79. The van der Waals surface area contributed by atoms with Crippen LogP contribution in [0, 0.1) is 5.82 Å². The second-order valence-corrected chi connectivity index (χ2v) is 3.79. The lowest BCUT2D eigenvalue weighted by Crippen LogP contribution is -2.04. The maximum Gasteiger partial charge on any atom is 0.338 e. The molecule has 1 aromatic carbocycles. The van der Waals surface area contributed by atoms with Crippen molar-refractivity contribution in [2.45, 2.75) is 13.3 Å². The average molecular weight is 248 g/mol. The molecule has 0 radical (unpaired) electrons. The molecular weight excluding hydrogens is 235 g/mol. The number of methoxy groups -OCH3 is 1. The Labute approximate surface area is 104 Å². The lowest BCUT2D eigenvalue weighted by molar-refractivity contribution is 0.0600. The third-order valence-corrected chi connectivity index (χ3v) is 2.57. The van der Waals surface area contributed by atoms with Crippen molar-refractivity contribution < 1.29 is 13.9 Å². The molecule has 0 bridgehead atoms. The molecule has 0 fully saturated rings. The van der Waals surface area contributed by atoms with Crippen molar-refractivity contribution in [2.24, 2.45) is 0 Å². The highest BCUT2D eigenvalue weighted by atomic mass is 19.1. The third kappa shape index (κ3) is 2.40. The predicted octanol–water partition coefficient (Wildman–Crippen LogP) is 2.36. The van der Waals surface area contributed by atoms with Gasteiger partial charge in [-0.1, -0.05) is 6.92 Å². The number of halogens is 1. The maximum absolute atomic E-state index is 13.4. The number of benzene rings is 1. The van der Waals surface area contributed by atoms with Gasteiger partial charge in [0.25, 0.3) is 0 Å². The smallest absolute Gasteiger partial charge is 0.338 e. The Bertz CT molecular complexity index is 578. The number of ether oxygens (including phenoxy) is 1. The van der Waals surface area contributed by atoms with Crippen molar-refractivity contribution in [1.29, 1.82) is 0 Å². The van der Waals surface area contributed by atoms with E-state index in [1.165, 1.54) is 17.9 Å². The standard InChI is InChI=1S/C13H13FN2O2/c1-3-11-4-5-16(15-11)12-7-9(13(17)18-2)6-10(14)8-12/h4-8H,3H2,1-2H3. The van der Waals surface area contributed by atoms with E-state index in [0.717, 1.165) is 18.2 Å². The molecule has 0 amide bonds. The summed E-state index contributed by atoms with van der Waals surface area (Å²) in [6.45, 7) is 1.98. The van der Waals surface area contributed by atoms with Gasteiger partial charge in [-0.3, -0.25) is 0 Å². The molecule has 5 heteroatoms. The Kier molecular flexibility index (Phi) is 3.41. The molecule has 0 N–H and O–H groups in total. The lowest BCUT2D eigenvalue weighted by atomic mass is 10.2. The monoisotopic (exact) mass is 248 g/mol. The number of esters is 1. The van der Waals surface area contributed by atoms with Gasteiger partial charge < -0.3 is 4.74 Å². The van der Waals surface area contributed by atoms with E-state index in [0.29, 0.717) is 5.69 Å². The number of aromatic nitrogens is 2. The van der Waals surface area contributed by atoms with Gasteiger partial charge in [-0.25, -0.2) is 13.9 Å². The van der Waals surface area contributed by atoms with Crippen LogP contribution in [-0.2, 0) is 11.2 Å². The Balaban J connectivity index is 2.44. The van der Waals surface area contributed by atoms with Crippen molar-refractivity contribution in [3.05, 3.63) is 47.5 Å². The minimum absolute atomic E-state index is 0.168. The highest BCUT2D eigenvalue weighted by Crippen LogP contribution is 2.14. The van der Waals surface area contributed by atoms with E-state index >= 15 is 0 Å². The van der Waals surface area contributed by atoms with Crippen molar-refractivity contribution >= 4 is 5.97 Å². The van der Waals surface area contributed by atoms with Crippen LogP contribution in [0.1, 0.15) is 23.0 Å². The summed E-state index contributed by atoms with van der Waals surface area (Å²) < 4.78 is 19.6. The quantitative estimate of drug-likeness (QED) is 0.783. The molecule has 0 aliphatic carbocycles. The van der Waals surface area contributed by atoms with Crippen LogP contribution in [-0.4, -0.2) is 22.9 Å². The number of carbonyl (C=O) groups is 1. The van der Waals surface area contributed by atoms with Gasteiger partial charge in [0.1, 0.15) is 5.82 Å². The molecule has 18 heavy (non-hydrogen) atoms. The zero-order valence-corrected chi connectivity index (χ0v) is 10.2. The average Bonchev–Trinajstić information content (AvgIpc) is 2.85. The fourth-order valence-electron chi connectivity index (χ4n) is 1.64. The Morgan fingerprint density at radius 1 is 1.44 bits per heavy atom. The van der Waals surface area contributed by atoms with Crippen molar-refractivity contribution in [2.75, 3.05) is 7.11 Å². The van der Waals surface area contributed by atoms with Crippen LogP contribution in [0.5, 0.6) is 0 Å². The highest BCUT2D eigenvalue weighted by Gasteiger charge is 2.10.